The standard InChI is InChI=1S/C8H15NO9S/c1-3(10)9-5-7(12)6(11)4(18-8(5)13)2-17-19(14,15)16/h4-8,11-13H,2H2,1H3,(H,9,10)(H,14,15,16)/t4-,5+,6+,7-,8-/m0/s1. The predicted molar refractivity (Wildman–Crippen MR) is 58.0 cm³/mol. The molecule has 1 aliphatic heterocycles. The van der Waals surface area contributed by atoms with E-state index in [0.29, 0.717) is 0 Å². The van der Waals surface area contributed by atoms with Crippen LogP contribution < -0.4 is 5.32 Å². The molecule has 1 heterocycles. The number of aliphatic hydroxyl groups is 3. The zero-order valence-electron chi connectivity index (χ0n) is 9.83. The number of hydrogen-bond acceptors (Lipinski definition) is 8. The molecule has 0 aliphatic carbocycles. The van der Waals surface area contributed by atoms with Crippen molar-refractivity contribution in [2.75, 3.05) is 6.61 Å². The average Bonchev–Trinajstić information content (AvgIpc) is 2.26. The highest BCUT2D eigenvalue weighted by Crippen LogP contribution is 2.20. The average molecular weight is 301 g/mol. The van der Waals surface area contributed by atoms with Crippen molar-refractivity contribution >= 4 is 16.3 Å². The molecule has 0 bridgehead atoms. The number of rotatable bonds is 4. The first-order valence-corrected chi connectivity index (χ1v) is 6.57. The Morgan fingerprint density at radius 1 is 1.32 bits per heavy atom. The van der Waals surface area contributed by atoms with Crippen LogP contribution in [-0.2, 0) is 24.1 Å². The molecule has 0 aromatic carbocycles. The zero-order valence-corrected chi connectivity index (χ0v) is 10.6. The van der Waals surface area contributed by atoms with E-state index in [2.05, 4.69) is 9.50 Å². The lowest BCUT2D eigenvalue weighted by atomic mass is 9.97. The molecular weight excluding hydrogens is 286 g/mol. The van der Waals surface area contributed by atoms with Gasteiger partial charge in [0.25, 0.3) is 0 Å². The Morgan fingerprint density at radius 2 is 1.89 bits per heavy atom. The summed E-state index contributed by atoms with van der Waals surface area (Å²) < 4.78 is 37.9. The molecule has 1 saturated heterocycles. The van der Waals surface area contributed by atoms with Gasteiger partial charge in [-0.05, 0) is 0 Å². The first-order valence-electron chi connectivity index (χ1n) is 5.20. The molecule has 0 radical (unpaired) electrons. The van der Waals surface area contributed by atoms with Crippen LogP contribution in [0.2, 0.25) is 0 Å². The van der Waals surface area contributed by atoms with Crippen molar-refractivity contribution in [2.24, 2.45) is 0 Å². The molecule has 5 N–H and O–H groups in total. The molecule has 1 rings (SSSR count). The van der Waals surface area contributed by atoms with Gasteiger partial charge in [0.1, 0.15) is 24.4 Å². The van der Waals surface area contributed by atoms with Crippen LogP contribution in [0.3, 0.4) is 0 Å². The monoisotopic (exact) mass is 301 g/mol. The number of carbonyl (C=O) groups excluding carboxylic acids is 1. The van der Waals surface area contributed by atoms with Gasteiger partial charge in [0.15, 0.2) is 6.29 Å². The Morgan fingerprint density at radius 3 is 2.37 bits per heavy atom. The molecule has 10 nitrogen and oxygen atoms in total. The molecule has 0 spiro atoms. The van der Waals surface area contributed by atoms with Crippen LogP contribution in [0, 0.1) is 0 Å². The summed E-state index contributed by atoms with van der Waals surface area (Å²) >= 11 is 0. The number of aliphatic hydroxyl groups excluding tert-OH is 3. The van der Waals surface area contributed by atoms with Gasteiger partial charge in [-0.2, -0.15) is 8.42 Å². The summed E-state index contributed by atoms with van der Waals surface area (Å²) in [5.41, 5.74) is 0. The van der Waals surface area contributed by atoms with Crippen molar-refractivity contribution in [3.8, 4) is 0 Å². The van der Waals surface area contributed by atoms with Crippen LogP contribution in [0.5, 0.6) is 0 Å². The summed E-state index contributed by atoms with van der Waals surface area (Å²) in [5, 5.41) is 31.0. The second-order valence-corrected chi connectivity index (χ2v) is 5.08. The summed E-state index contributed by atoms with van der Waals surface area (Å²) in [6.07, 6.45) is -6.28. The van der Waals surface area contributed by atoms with Crippen molar-refractivity contribution in [3.63, 3.8) is 0 Å². The maximum atomic E-state index is 10.8. The Balaban J connectivity index is 2.69. The van der Waals surface area contributed by atoms with E-state index in [-0.39, 0.29) is 0 Å². The van der Waals surface area contributed by atoms with E-state index in [1.807, 2.05) is 0 Å². The number of amides is 1. The molecule has 112 valence electrons. The van der Waals surface area contributed by atoms with E-state index in [0.717, 1.165) is 6.92 Å². The quantitative estimate of drug-likeness (QED) is 0.335. The first-order chi connectivity index (χ1) is 8.61. The smallest absolute Gasteiger partial charge is 0.388 e. The fourth-order valence-corrected chi connectivity index (χ4v) is 1.93. The topological polar surface area (TPSA) is 163 Å². The molecule has 1 aliphatic rings. The van der Waals surface area contributed by atoms with Gasteiger partial charge in [-0.15, -0.1) is 0 Å². The van der Waals surface area contributed by atoms with Crippen LogP contribution in [0.1, 0.15) is 6.92 Å². The number of carbonyl (C=O) groups is 1. The lowest BCUT2D eigenvalue weighted by Crippen LogP contribution is -2.64. The third-order valence-electron chi connectivity index (χ3n) is 2.47. The van der Waals surface area contributed by atoms with Gasteiger partial charge in [0, 0.05) is 6.92 Å². The summed E-state index contributed by atoms with van der Waals surface area (Å²) in [5.74, 6) is -0.563. The van der Waals surface area contributed by atoms with Gasteiger partial charge in [-0.25, -0.2) is 4.18 Å². The van der Waals surface area contributed by atoms with Gasteiger partial charge in [-0.3, -0.25) is 9.35 Å². The minimum absolute atomic E-state index is 0.563. The summed E-state index contributed by atoms with van der Waals surface area (Å²) in [6, 6.07) is -1.27. The molecular formula is C8H15NO9S. The van der Waals surface area contributed by atoms with Gasteiger partial charge in [0.2, 0.25) is 5.91 Å². The Labute approximate surface area is 108 Å². The zero-order chi connectivity index (χ0) is 14.8. The molecule has 1 amide bonds. The maximum Gasteiger partial charge on any atom is 0.397 e. The highest BCUT2D eigenvalue weighted by Gasteiger charge is 2.44. The van der Waals surface area contributed by atoms with Crippen LogP contribution in [0.25, 0.3) is 0 Å². The van der Waals surface area contributed by atoms with E-state index < -0.39 is 53.6 Å². The lowest BCUT2D eigenvalue weighted by Gasteiger charge is -2.40. The number of nitrogens with one attached hydrogen (secondary N) is 1. The molecule has 11 heteroatoms. The molecule has 5 atom stereocenters. The summed E-state index contributed by atoms with van der Waals surface area (Å²) in [7, 11) is -4.74. The Hall–Kier alpha value is -0.820. The molecule has 19 heavy (non-hydrogen) atoms. The summed E-state index contributed by atoms with van der Waals surface area (Å²) in [4.78, 5) is 10.8. The lowest BCUT2D eigenvalue weighted by molar-refractivity contribution is -0.252. The SMILES string of the molecule is CC(=O)N[C@@H]1[C@H](O)[C@H](O)[C@H](COS(=O)(=O)O)O[C@@H]1O. The molecule has 0 aromatic rings. The second kappa shape index (κ2) is 6.09. The van der Waals surface area contributed by atoms with Crippen molar-refractivity contribution in [3.05, 3.63) is 0 Å². The largest absolute Gasteiger partial charge is 0.397 e. The molecule has 0 saturated carbocycles. The van der Waals surface area contributed by atoms with Crippen LogP contribution in [0.15, 0.2) is 0 Å². The predicted octanol–water partition coefficient (Wildman–Crippen LogP) is -3.25. The third kappa shape index (κ3) is 4.65. The van der Waals surface area contributed by atoms with Gasteiger partial charge in [0.05, 0.1) is 6.61 Å². The molecule has 0 aromatic heterocycles. The van der Waals surface area contributed by atoms with E-state index in [1.54, 1.807) is 0 Å². The normalized spacial score (nSPS) is 35.9. The first kappa shape index (κ1) is 16.2. The minimum atomic E-state index is -4.74. The van der Waals surface area contributed by atoms with Gasteiger partial charge >= 0.3 is 10.4 Å². The fraction of sp³-hybridized carbons (Fsp3) is 0.875. The fourth-order valence-electron chi connectivity index (χ4n) is 1.63. The molecule has 1 fully saturated rings. The highest BCUT2D eigenvalue weighted by atomic mass is 32.3. The van der Waals surface area contributed by atoms with Crippen molar-refractivity contribution in [1.82, 2.24) is 5.32 Å². The molecule has 0 unspecified atom stereocenters. The minimum Gasteiger partial charge on any atom is -0.388 e. The van der Waals surface area contributed by atoms with E-state index in [9.17, 15) is 28.5 Å². The van der Waals surface area contributed by atoms with Crippen LogP contribution >= 0.6 is 0 Å². The number of hydrogen-bond donors (Lipinski definition) is 5. The Bertz CT molecular complexity index is 424. The van der Waals surface area contributed by atoms with Crippen LogP contribution in [0.4, 0.5) is 0 Å². The summed E-state index contributed by atoms with van der Waals surface area (Å²) in [6.45, 7) is 0.334. The van der Waals surface area contributed by atoms with Gasteiger partial charge < -0.3 is 25.4 Å². The Kier molecular flexibility index (Phi) is 5.20. The van der Waals surface area contributed by atoms with E-state index in [4.69, 9.17) is 9.29 Å². The van der Waals surface area contributed by atoms with E-state index >= 15 is 0 Å². The van der Waals surface area contributed by atoms with Crippen LogP contribution in [-0.4, -0.2) is 71.4 Å². The van der Waals surface area contributed by atoms with Crippen molar-refractivity contribution < 1.29 is 42.0 Å². The van der Waals surface area contributed by atoms with Crippen molar-refractivity contribution in [1.29, 1.82) is 0 Å². The second-order valence-electron chi connectivity index (χ2n) is 3.98. The third-order valence-corrected chi connectivity index (χ3v) is 2.91. The highest BCUT2D eigenvalue weighted by molar-refractivity contribution is 7.80. The van der Waals surface area contributed by atoms with Gasteiger partial charge in [-0.1, -0.05) is 0 Å². The van der Waals surface area contributed by atoms with E-state index in [1.165, 1.54) is 0 Å². The number of ether oxygens (including phenoxy) is 1. The maximum absolute atomic E-state index is 10.8. The van der Waals surface area contributed by atoms with Crippen molar-refractivity contribution in [2.45, 2.75) is 37.6 Å².